The Hall–Kier alpha value is -1.75. The molecule has 2 fully saturated rings. The minimum atomic E-state index is 0.183. The van der Waals surface area contributed by atoms with Gasteiger partial charge in [0.1, 0.15) is 12.4 Å². The number of anilines is 1. The lowest BCUT2D eigenvalue weighted by Gasteiger charge is -2.20. The maximum atomic E-state index is 12.3. The van der Waals surface area contributed by atoms with Gasteiger partial charge in [-0.2, -0.15) is 0 Å². The Kier molecular flexibility index (Phi) is 6.35. The van der Waals surface area contributed by atoms with E-state index in [-0.39, 0.29) is 12.0 Å². The Morgan fingerprint density at radius 1 is 1.21 bits per heavy atom. The molecule has 1 aromatic rings. The smallest absolute Gasteiger partial charge is 0.241 e. The lowest BCUT2D eigenvalue weighted by atomic mass is 10.2. The molecular weight excluding hydrogens is 304 g/mol. The number of rotatable bonds is 6. The molecule has 0 radical (unpaired) electrons. The van der Waals surface area contributed by atoms with Gasteiger partial charge in [-0.05, 0) is 37.8 Å². The van der Waals surface area contributed by atoms with Crippen molar-refractivity contribution >= 4 is 11.6 Å². The second kappa shape index (κ2) is 8.92. The van der Waals surface area contributed by atoms with E-state index in [1.165, 1.54) is 12.8 Å². The summed E-state index contributed by atoms with van der Waals surface area (Å²) in [5, 5.41) is 3.23. The van der Waals surface area contributed by atoms with E-state index in [4.69, 9.17) is 9.47 Å². The van der Waals surface area contributed by atoms with Gasteiger partial charge in [-0.3, -0.25) is 4.79 Å². The SMILES string of the molecule is O=C(CNc1cccc(OCC2CCCO2)c1)N1CCCCCC1. The normalized spacial score (nSPS) is 21.3. The van der Waals surface area contributed by atoms with Crippen molar-refractivity contribution < 1.29 is 14.3 Å². The Bertz CT molecular complexity index is 521. The molecule has 1 N–H and O–H groups in total. The third kappa shape index (κ3) is 5.13. The summed E-state index contributed by atoms with van der Waals surface area (Å²) in [6.07, 6.45) is 7.13. The van der Waals surface area contributed by atoms with Crippen molar-refractivity contribution in [2.45, 2.75) is 44.6 Å². The molecule has 2 aliphatic rings. The number of nitrogens with one attached hydrogen (secondary N) is 1. The Labute approximate surface area is 144 Å². The van der Waals surface area contributed by atoms with Gasteiger partial charge >= 0.3 is 0 Å². The van der Waals surface area contributed by atoms with Crippen molar-refractivity contribution in [1.29, 1.82) is 0 Å². The average molecular weight is 332 g/mol. The highest BCUT2D eigenvalue weighted by molar-refractivity contribution is 5.81. The summed E-state index contributed by atoms with van der Waals surface area (Å²) in [4.78, 5) is 14.3. The molecule has 0 spiro atoms. The van der Waals surface area contributed by atoms with E-state index >= 15 is 0 Å². The van der Waals surface area contributed by atoms with Gasteiger partial charge in [-0.1, -0.05) is 18.9 Å². The Morgan fingerprint density at radius 2 is 2.04 bits per heavy atom. The minimum absolute atomic E-state index is 0.183. The molecule has 0 saturated carbocycles. The Morgan fingerprint density at radius 3 is 2.79 bits per heavy atom. The summed E-state index contributed by atoms with van der Waals surface area (Å²) in [5.41, 5.74) is 0.919. The topological polar surface area (TPSA) is 50.8 Å². The van der Waals surface area contributed by atoms with Gasteiger partial charge in [0.05, 0.1) is 12.6 Å². The zero-order chi connectivity index (χ0) is 16.6. The van der Waals surface area contributed by atoms with E-state index in [1.54, 1.807) is 0 Å². The fraction of sp³-hybridized carbons (Fsp3) is 0.632. The fourth-order valence-electron chi connectivity index (χ4n) is 3.27. The van der Waals surface area contributed by atoms with Crippen LogP contribution in [0.15, 0.2) is 24.3 Å². The van der Waals surface area contributed by atoms with Crippen LogP contribution in [0.5, 0.6) is 5.75 Å². The van der Waals surface area contributed by atoms with Crippen LogP contribution < -0.4 is 10.1 Å². The monoisotopic (exact) mass is 332 g/mol. The maximum absolute atomic E-state index is 12.3. The van der Waals surface area contributed by atoms with Gasteiger partial charge in [0.2, 0.25) is 5.91 Å². The van der Waals surface area contributed by atoms with Crippen LogP contribution >= 0.6 is 0 Å². The van der Waals surface area contributed by atoms with Gasteiger partial charge in [-0.15, -0.1) is 0 Å². The van der Waals surface area contributed by atoms with E-state index in [2.05, 4.69) is 5.32 Å². The first-order chi connectivity index (χ1) is 11.8. The molecule has 2 saturated heterocycles. The molecule has 1 atom stereocenters. The quantitative estimate of drug-likeness (QED) is 0.870. The minimum Gasteiger partial charge on any atom is -0.491 e. The van der Waals surface area contributed by atoms with Crippen molar-refractivity contribution in [3.8, 4) is 5.75 Å². The number of amides is 1. The third-order valence-corrected chi connectivity index (χ3v) is 4.70. The van der Waals surface area contributed by atoms with Crippen LogP contribution in [0.25, 0.3) is 0 Å². The van der Waals surface area contributed by atoms with Crippen molar-refractivity contribution in [1.82, 2.24) is 4.90 Å². The molecule has 1 unspecified atom stereocenters. The second-order valence-electron chi connectivity index (χ2n) is 6.62. The van der Waals surface area contributed by atoms with Crippen LogP contribution in [0.3, 0.4) is 0 Å². The molecule has 2 heterocycles. The lowest BCUT2D eigenvalue weighted by Crippen LogP contribution is -2.36. The zero-order valence-electron chi connectivity index (χ0n) is 14.3. The van der Waals surface area contributed by atoms with Crippen LogP contribution in [-0.2, 0) is 9.53 Å². The summed E-state index contributed by atoms with van der Waals surface area (Å²) >= 11 is 0. The molecule has 1 amide bonds. The second-order valence-corrected chi connectivity index (χ2v) is 6.62. The first kappa shape index (κ1) is 17.1. The number of nitrogens with zero attached hydrogens (tertiary/aromatic N) is 1. The third-order valence-electron chi connectivity index (χ3n) is 4.70. The zero-order valence-corrected chi connectivity index (χ0v) is 14.3. The molecule has 5 heteroatoms. The van der Waals surface area contributed by atoms with Gasteiger partial charge in [-0.25, -0.2) is 0 Å². The summed E-state index contributed by atoms with van der Waals surface area (Å²) in [7, 11) is 0. The van der Waals surface area contributed by atoms with E-state index in [0.29, 0.717) is 13.2 Å². The molecule has 1 aromatic carbocycles. The van der Waals surface area contributed by atoms with E-state index < -0.39 is 0 Å². The molecule has 0 aromatic heterocycles. The summed E-state index contributed by atoms with van der Waals surface area (Å²) in [5.74, 6) is 1.00. The predicted molar refractivity (Wildman–Crippen MR) is 94.4 cm³/mol. The summed E-state index contributed by atoms with van der Waals surface area (Å²) in [6.45, 7) is 3.57. The number of carbonyl (C=O) groups excluding carboxylic acids is 1. The number of likely N-dealkylation sites (tertiary alicyclic amines) is 1. The highest BCUT2D eigenvalue weighted by atomic mass is 16.5. The lowest BCUT2D eigenvalue weighted by molar-refractivity contribution is -0.129. The molecule has 0 aliphatic carbocycles. The van der Waals surface area contributed by atoms with Crippen LogP contribution in [0.4, 0.5) is 5.69 Å². The van der Waals surface area contributed by atoms with Gasteiger partial charge in [0.25, 0.3) is 0 Å². The van der Waals surface area contributed by atoms with E-state index in [9.17, 15) is 4.79 Å². The molecule has 3 rings (SSSR count). The highest BCUT2D eigenvalue weighted by Gasteiger charge is 2.17. The largest absolute Gasteiger partial charge is 0.491 e. The molecule has 24 heavy (non-hydrogen) atoms. The van der Waals surface area contributed by atoms with Crippen LogP contribution in [0, 0.1) is 0 Å². The van der Waals surface area contributed by atoms with Gasteiger partial charge in [0.15, 0.2) is 0 Å². The number of hydrogen-bond donors (Lipinski definition) is 1. The number of hydrogen-bond acceptors (Lipinski definition) is 4. The van der Waals surface area contributed by atoms with Gasteiger partial charge in [0, 0.05) is 31.5 Å². The number of carbonyl (C=O) groups is 1. The van der Waals surface area contributed by atoms with Crippen LogP contribution in [-0.4, -0.2) is 49.8 Å². The van der Waals surface area contributed by atoms with Gasteiger partial charge < -0.3 is 19.7 Å². The highest BCUT2D eigenvalue weighted by Crippen LogP contribution is 2.20. The van der Waals surface area contributed by atoms with Crippen molar-refractivity contribution in [3.05, 3.63) is 24.3 Å². The summed E-state index contributed by atoms with van der Waals surface area (Å²) < 4.78 is 11.4. The van der Waals surface area contributed by atoms with Crippen molar-refractivity contribution in [2.75, 3.05) is 38.2 Å². The molecule has 2 aliphatic heterocycles. The van der Waals surface area contributed by atoms with E-state index in [1.807, 2.05) is 29.2 Å². The van der Waals surface area contributed by atoms with Crippen molar-refractivity contribution in [2.24, 2.45) is 0 Å². The average Bonchev–Trinajstić information content (AvgIpc) is 2.98. The first-order valence-corrected chi connectivity index (χ1v) is 9.17. The predicted octanol–water partition coefficient (Wildman–Crippen LogP) is 3.06. The first-order valence-electron chi connectivity index (χ1n) is 9.17. The van der Waals surface area contributed by atoms with Crippen LogP contribution in [0.1, 0.15) is 38.5 Å². The Balaban J connectivity index is 1.45. The summed E-state index contributed by atoms with van der Waals surface area (Å²) in [6, 6.07) is 7.81. The molecular formula is C19H28N2O3. The maximum Gasteiger partial charge on any atom is 0.241 e. The van der Waals surface area contributed by atoms with Crippen molar-refractivity contribution in [3.63, 3.8) is 0 Å². The number of ether oxygens (including phenoxy) is 2. The fourth-order valence-corrected chi connectivity index (χ4v) is 3.27. The van der Waals surface area contributed by atoms with Crippen LogP contribution in [0.2, 0.25) is 0 Å². The van der Waals surface area contributed by atoms with E-state index in [0.717, 1.165) is 56.8 Å². The molecule has 132 valence electrons. The standard InChI is InChI=1S/C19H28N2O3/c22-19(21-10-3-1-2-4-11-21)14-20-16-7-5-8-17(13-16)24-15-18-9-6-12-23-18/h5,7-8,13,18,20H,1-4,6,9-12,14-15H2. The molecule has 0 bridgehead atoms. The number of benzene rings is 1. The molecule has 5 nitrogen and oxygen atoms in total.